The van der Waals surface area contributed by atoms with Crippen molar-refractivity contribution in [3.05, 3.63) is 0 Å². The quantitative estimate of drug-likeness (QED) is 0.0222. The van der Waals surface area contributed by atoms with Crippen molar-refractivity contribution in [2.24, 2.45) is 23.7 Å². The molecular weight excluding hydrogens is 1310 g/mol. The Labute approximate surface area is 613 Å². The van der Waals surface area contributed by atoms with Crippen LogP contribution in [0.4, 0.5) is 0 Å². The van der Waals surface area contributed by atoms with Gasteiger partial charge in [0.25, 0.3) is 0 Å². The van der Waals surface area contributed by atoms with Gasteiger partial charge in [0.1, 0.15) is 19.3 Å². The fraction of sp³-hybridized carbons (Fsp3) is 0.951. The summed E-state index contributed by atoms with van der Waals surface area (Å²) >= 11 is 0. The first-order chi connectivity index (χ1) is 48.2. The average Bonchev–Trinajstić information content (AvgIpc) is 0.924. The molecule has 0 saturated carbocycles. The van der Waals surface area contributed by atoms with Crippen molar-refractivity contribution in [1.82, 2.24) is 0 Å². The maximum absolute atomic E-state index is 13.1. The Morgan fingerprint density at radius 1 is 0.280 bits per heavy atom. The van der Waals surface area contributed by atoms with E-state index in [0.29, 0.717) is 25.7 Å². The van der Waals surface area contributed by atoms with Crippen molar-refractivity contribution in [2.45, 2.75) is 433 Å². The molecule has 0 aliphatic heterocycles. The highest BCUT2D eigenvalue weighted by Gasteiger charge is 2.30. The van der Waals surface area contributed by atoms with Gasteiger partial charge in [0, 0.05) is 25.7 Å². The molecule has 0 heterocycles. The standard InChI is InChI=1S/C81H158O17P2/c1-9-73(7)59-51-43-35-27-23-24-30-40-48-56-64-81(86)98-77(68-92-79(84)62-54-46-38-32-31-36-44-52-60-74(8)10-2)70-96-100(89,90)94-66-75(82)65-93-99(87,88)95-69-76(67-91-78(83)61-53-45-37-28-21-18-14-16-20-26-34-42-50-58-72(5)6)97-80(85)63-55-47-39-29-22-17-13-11-12-15-19-25-33-41-49-57-71(3)4/h71-77,82H,9-70H2,1-8H3,(H,87,88)(H,89,90)/t73?,74?,75-,76-,77-/m1/s1. The fourth-order valence-electron chi connectivity index (χ4n) is 12.4. The number of aliphatic hydroxyl groups excluding tert-OH is 1. The number of carbonyl (C=O) groups is 4. The molecule has 0 rings (SSSR count). The van der Waals surface area contributed by atoms with Crippen molar-refractivity contribution in [2.75, 3.05) is 39.6 Å². The van der Waals surface area contributed by atoms with Crippen LogP contribution in [-0.2, 0) is 65.4 Å². The first-order valence-electron chi connectivity index (χ1n) is 41.8. The number of rotatable bonds is 78. The van der Waals surface area contributed by atoms with E-state index in [1.165, 1.54) is 218 Å². The minimum Gasteiger partial charge on any atom is -0.462 e. The van der Waals surface area contributed by atoms with Gasteiger partial charge in [-0.15, -0.1) is 0 Å². The van der Waals surface area contributed by atoms with Crippen molar-refractivity contribution in [1.29, 1.82) is 0 Å². The molecule has 19 heteroatoms. The molecule has 17 nitrogen and oxygen atoms in total. The number of hydrogen-bond donors (Lipinski definition) is 3. The lowest BCUT2D eigenvalue weighted by atomic mass is 9.99. The number of phosphoric ester groups is 2. The van der Waals surface area contributed by atoms with Crippen molar-refractivity contribution >= 4 is 39.5 Å². The zero-order valence-electron chi connectivity index (χ0n) is 65.8. The number of aliphatic hydroxyl groups is 1. The number of hydrogen-bond acceptors (Lipinski definition) is 15. The van der Waals surface area contributed by atoms with Crippen LogP contribution in [0.5, 0.6) is 0 Å². The first kappa shape index (κ1) is 98.1. The van der Waals surface area contributed by atoms with E-state index in [9.17, 15) is 43.2 Å². The Balaban J connectivity index is 5.28. The third kappa shape index (κ3) is 71.7. The summed E-state index contributed by atoms with van der Waals surface area (Å²) < 4.78 is 68.8. The zero-order chi connectivity index (χ0) is 73.8. The van der Waals surface area contributed by atoms with Crippen LogP contribution in [0.2, 0.25) is 0 Å². The van der Waals surface area contributed by atoms with E-state index in [2.05, 4.69) is 55.4 Å². The highest BCUT2D eigenvalue weighted by molar-refractivity contribution is 7.47. The Morgan fingerprint density at radius 2 is 0.480 bits per heavy atom. The molecule has 594 valence electrons. The summed E-state index contributed by atoms with van der Waals surface area (Å²) in [6.07, 6.45) is 56.7. The number of esters is 4. The molecule has 7 atom stereocenters. The van der Waals surface area contributed by atoms with Crippen molar-refractivity contribution < 1.29 is 80.2 Å². The molecule has 3 N–H and O–H groups in total. The third-order valence-corrected chi connectivity index (χ3v) is 21.4. The molecule has 0 amide bonds. The Hall–Kier alpha value is -1.94. The minimum atomic E-state index is -4.96. The van der Waals surface area contributed by atoms with Crippen molar-refractivity contribution in [3.8, 4) is 0 Å². The van der Waals surface area contributed by atoms with Gasteiger partial charge in [0.2, 0.25) is 0 Å². The van der Waals surface area contributed by atoms with Gasteiger partial charge in [0.15, 0.2) is 12.2 Å². The largest absolute Gasteiger partial charge is 0.472 e. The van der Waals surface area contributed by atoms with Crippen LogP contribution in [-0.4, -0.2) is 96.7 Å². The topological polar surface area (TPSA) is 237 Å². The number of unbranched alkanes of at least 4 members (excludes halogenated alkanes) is 42. The van der Waals surface area contributed by atoms with Crippen LogP contribution in [0.3, 0.4) is 0 Å². The summed E-state index contributed by atoms with van der Waals surface area (Å²) in [5, 5.41) is 10.6. The van der Waals surface area contributed by atoms with Gasteiger partial charge in [-0.3, -0.25) is 37.3 Å². The van der Waals surface area contributed by atoms with Crippen LogP contribution in [0.25, 0.3) is 0 Å². The number of ether oxygens (including phenoxy) is 4. The maximum atomic E-state index is 13.1. The van der Waals surface area contributed by atoms with Crippen LogP contribution >= 0.6 is 15.6 Å². The summed E-state index contributed by atoms with van der Waals surface area (Å²) in [7, 11) is -9.92. The predicted octanol–water partition coefficient (Wildman–Crippen LogP) is 24.0. The van der Waals surface area contributed by atoms with Gasteiger partial charge >= 0.3 is 39.5 Å². The monoisotopic (exact) mass is 1470 g/mol. The van der Waals surface area contributed by atoms with E-state index in [1.807, 2.05) is 0 Å². The second kappa shape index (κ2) is 70.1. The molecule has 0 fully saturated rings. The Bertz CT molecular complexity index is 1960. The van der Waals surface area contributed by atoms with Crippen LogP contribution in [0, 0.1) is 23.7 Å². The van der Waals surface area contributed by atoms with Crippen LogP contribution < -0.4 is 0 Å². The summed E-state index contributed by atoms with van der Waals surface area (Å²) in [5.74, 6) is 1.06. The fourth-order valence-corrected chi connectivity index (χ4v) is 13.9. The highest BCUT2D eigenvalue weighted by atomic mass is 31.2. The van der Waals surface area contributed by atoms with Gasteiger partial charge in [-0.05, 0) is 49.4 Å². The summed E-state index contributed by atoms with van der Waals surface area (Å²) in [4.78, 5) is 73.1. The normalized spacial score (nSPS) is 14.6. The van der Waals surface area contributed by atoms with Gasteiger partial charge in [-0.2, -0.15) is 0 Å². The van der Waals surface area contributed by atoms with E-state index in [-0.39, 0.29) is 25.7 Å². The smallest absolute Gasteiger partial charge is 0.462 e. The third-order valence-electron chi connectivity index (χ3n) is 19.5. The van der Waals surface area contributed by atoms with Gasteiger partial charge in [0.05, 0.1) is 26.4 Å². The lowest BCUT2D eigenvalue weighted by molar-refractivity contribution is -0.161. The molecule has 0 aliphatic rings. The molecule has 0 bridgehead atoms. The van der Waals surface area contributed by atoms with Gasteiger partial charge in [-0.25, -0.2) is 9.13 Å². The Kier molecular flexibility index (Phi) is 68.7. The van der Waals surface area contributed by atoms with Crippen LogP contribution in [0.1, 0.15) is 415 Å². The molecule has 0 spiro atoms. The second-order valence-corrected chi connectivity index (χ2v) is 33.5. The molecule has 0 radical (unpaired) electrons. The molecule has 0 aromatic carbocycles. The van der Waals surface area contributed by atoms with E-state index < -0.39 is 97.5 Å². The van der Waals surface area contributed by atoms with E-state index in [0.717, 1.165) is 114 Å². The summed E-state index contributed by atoms with van der Waals surface area (Å²) in [5.41, 5.74) is 0. The second-order valence-electron chi connectivity index (χ2n) is 30.6. The molecule has 100 heavy (non-hydrogen) atoms. The van der Waals surface area contributed by atoms with E-state index in [4.69, 9.17) is 37.0 Å². The molecule has 0 aromatic rings. The molecular formula is C81H158O17P2. The van der Waals surface area contributed by atoms with E-state index >= 15 is 0 Å². The molecule has 4 unspecified atom stereocenters. The minimum absolute atomic E-state index is 0.106. The molecule has 0 aliphatic carbocycles. The molecule has 0 aromatic heterocycles. The maximum Gasteiger partial charge on any atom is 0.472 e. The zero-order valence-corrected chi connectivity index (χ0v) is 67.6. The Morgan fingerprint density at radius 3 is 0.710 bits per heavy atom. The first-order valence-corrected chi connectivity index (χ1v) is 44.8. The highest BCUT2D eigenvalue weighted by Crippen LogP contribution is 2.45. The predicted molar refractivity (Wildman–Crippen MR) is 409 cm³/mol. The average molecular weight is 1470 g/mol. The van der Waals surface area contributed by atoms with Crippen molar-refractivity contribution in [3.63, 3.8) is 0 Å². The SMILES string of the molecule is CCC(C)CCCCCCCCCCCCC(=O)O[C@H](COC(=O)CCCCCCCCCCC(C)CC)COP(=O)(O)OC[C@H](O)COP(=O)(O)OC[C@@H](COC(=O)CCCCCCCCCCCCCCCC(C)C)OC(=O)CCCCCCCCCCCCCCCCCC(C)C. The summed E-state index contributed by atoms with van der Waals surface area (Å²) in [6, 6.07) is 0. The van der Waals surface area contributed by atoms with Gasteiger partial charge < -0.3 is 33.8 Å². The number of phosphoric acid groups is 2. The molecule has 0 saturated heterocycles. The lowest BCUT2D eigenvalue weighted by Crippen LogP contribution is -2.30. The van der Waals surface area contributed by atoms with E-state index in [1.54, 1.807) is 0 Å². The van der Waals surface area contributed by atoms with Crippen LogP contribution in [0.15, 0.2) is 0 Å². The number of carbonyl (C=O) groups excluding carboxylic acids is 4. The lowest BCUT2D eigenvalue weighted by Gasteiger charge is -2.21. The van der Waals surface area contributed by atoms with Gasteiger partial charge in [-0.1, -0.05) is 364 Å². The summed E-state index contributed by atoms with van der Waals surface area (Å²) in [6.45, 7) is 14.3.